The Morgan fingerprint density at radius 1 is 1.31 bits per heavy atom. The molecule has 1 saturated heterocycles. The van der Waals surface area contributed by atoms with Gasteiger partial charge in [-0.15, -0.1) is 0 Å². The molecule has 1 aliphatic heterocycles. The molecule has 0 N–H and O–H groups in total. The number of sulfonamides is 1. The number of aryl methyl sites for hydroxylation is 2. The van der Waals surface area contributed by atoms with Crippen molar-refractivity contribution in [2.45, 2.75) is 18.1 Å². The predicted molar refractivity (Wildman–Crippen MR) is 90.9 cm³/mol. The van der Waals surface area contributed by atoms with E-state index < -0.39 is 10.0 Å². The first-order valence-corrected chi connectivity index (χ1v) is 9.41. The zero-order valence-electron chi connectivity index (χ0n) is 14.2. The molecule has 9 nitrogen and oxygen atoms in total. The van der Waals surface area contributed by atoms with Crippen molar-refractivity contribution in [3.8, 4) is 17.2 Å². The van der Waals surface area contributed by atoms with Gasteiger partial charge in [0.15, 0.2) is 10.9 Å². The molecule has 0 saturated carbocycles. The summed E-state index contributed by atoms with van der Waals surface area (Å²) in [5.74, 6) is 1.60. The largest absolute Gasteiger partial charge is 0.488 e. The van der Waals surface area contributed by atoms with Gasteiger partial charge in [0.25, 0.3) is 15.9 Å². The quantitative estimate of drug-likeness (QED) is 0.661. The first-order chi connectivity index (χ1) is 12.4. The van der Waals surface area contributed by atoms with Crippen LogP contribution in [0.5, 0.6) is 5.75 Å². The number of benzene rings is 1. The van der Waals surface area contributed by atoms with Gasteiger partial charge in [0.1, 0.15) is 11.9 Å². The van der Waals surface area contributed by atoms with E-state index in [-0.39, 0.29) is 24.2 Å². The molecule has 0 amide bonds. The van der Waals surface area contributed by atoms with Crippen molar-refractivity contribution in [2.75, 3.05) is 13.1 Å². The van der Waals surface area contributed by atoms with Crippen molar-refractivity contribution in [1.82, 2.24) is 24.0 Å². The van der Waals surface area contributed by atoms with Crippen LogP contribution in [0.25, 0.3) is 11.5 Å². The molecule has 26 heavy (non-hydrogen) atoms. The normalized spacial score (nSPS) is 15.8. The van der Waals surface area contributed by atoms with Crippen LogP contribution in [0.4, 0.5) is 0 Å². The molecule has 0 radical (unpaired) electrons. The van der Waals surface area contributed by atoms with Gasteiger partial charge in [-0.05, 0) is 25.1 Å². The monoisotopic (exact) mass is 375 g/mol. The van der Waals surface area contributed by atoms with Gasteiger partial charge in [-0.25, -0.2) is 13.4 Å². The first kappa shape index (κ1) is 16.7. The maximum Gasteiger partial charge on any atom is 0.262 e. The Bertz CT molecular complexity index is 1040. The molecule has 0 aliphatic carbocycles. The van der Waals surface area contributed by atoms with Crippen LogP contribution in [-0.2, 0) is 17.1 Å². The van der Waals surface area contributed by atoms with Crippen LogP contribution in [0.3, 0.4) is 0 Å². The Balaban J connectivity index is 1.41. The van der Waals surface area contributed by atoms with Crippen molar-refractivity contribution in [1.29, 1.82) is 0 Å². The predicted octanol–water partition coefficient (Wildman–Crippen LogP) is 1.23. The summed E-state index contributed by atoms with van der Waals surface area (Å²) in [6.07, 6.45) is 2.73. The number of hydrogen-bond acceptors (Lipinski definition) is 7. The molecule has 0 atom stereocenters. The zero-order chi connectivity index (χ0) is 18.3. The third-order valence-electron chi connectivity index (χ3n) is 4.01. The van der Waals surface area contributed by atoms with Crippen LogP contribution in [0.2, 0.25) is 0 Å². The first-order valence-electron chi connectivity index (χ1n) is 7.97. The molecule has 1 aliphatic rings. The van der Waals surface area contributed by atoms with Crippen LogP contribution in [0.1, 0.15) is 5.82 Å². The number of nitrogens with zero attached hydrogens (tertiary/aromatic N) is 5. The molecule has 0 bridgehead atoms. The molecule has 4 rings (SSSR count). The molecule has 2 aromatic heterocycles. The third-order valence-corrected chi connectivity index (χ3v) is 5.73. The maximum atomic E-state index is 12.4. The van der Waals surface area contributed by atoms with E-state index in [0.29, 0.717) is 17.5 Å². The van der Waals surface area contributed by atoms with E-state index >= 15 is 0 Å². The van der Waals surface area contributed by atoms with Gasteiger partial charge in [-0.1, -0.05) is 11.2 Å². The van der Waals surface area contributed by atoms with E-state index in [0.717, 1.165) is 5.56 Å². The van der Waals surface area contributed by atoms with Gasteiger partial charge in [0.2, 0.25) is 0 Å². The fraction of sp³-hybridized carbons (Fsp3) is 0.312. The standard InChI is InChI=1S/C16H17N5O4S/c1-11-18-16(25-19-11)12-4-3-5-13(6-12)24-14-7-21(8-14)26(22,23)15-9-20(2)10-17-15/h3-6,9-10,14H,7-8H2,1-2H3. The summed E-state index contributed by atoms with van der Waals surface area (Å²) in [6.45, 7) is 2.31. The molecule has 0 unspecified atom stereocenters. The van der Waals surface area contributed by atoms with Gasteiger partial charge in [0, 0.05) is 18.8 Å². The molecule has 1 fully saturated rings. The van der Waals surface area contributed by atoms with E-state index in [1.165, 1.54) is 16.8 Å². The van der Waals surface area contributed by atoms with Gasteiger partial charge in [-0.2, -0.15) is 9.29 Å². The van der Waals surface area contributed by atoms with Crippen LogP contribution < -0.4 is 4.74 Å². The lowest BCUT2D eigenvalue weighted by molar-refractivity contribution is 0.0761. The highest BCUT2D eigenvalue weighted by Gasteiger charge is 2.39. The van der Waals surface area contributed by atoms with Crippen LogP contribution in [0.15, 0.2) is 46.3 Å². The average Bonchev–Trinajstić information content (AvgIpc) is 3.19. The van der Waals surface area contributed by atoms with Crippen molar-refractivity contribution >= 4 is 10.0 Å². The van der Waals surface area contributed by atoms with Gasteiger partial charge in [-0.3, -0.25) is 0 Å². The average molecular weight is 375 g/mol. The molecule has 3 aromatic rings. The molecule has 0 spiro atoms. The van der Waals surface area contributed by atoms with Gasteiger partial charge < -0.3 is 13.8 Å². The summed E-state index contributed by atoms with van der Waals surface area (Å²) in [5.41, 5.74) is 0.750. The van der Waals surface area contributed by atoms with Crippen molar-refractivity contribution in [2.24, 2.45) is 7.05 Å². The van der Waals surface area contributed by atoms with E-state index in [1.807, 2.05) is 18.2 Å². The lowest BCUT2D eigenvalue weighted by Gasteiger charge is -2.37. The minimum atomic E-state index is -3.57. The molecular weight excluding hydrogens is 358 g/mol. The molecule has 10 heteroatoms. The van der Waals surface area contributed by atoms with Crippen molar-refractivity contribution < 1.29 is 17.7 Å². The molecule has 1 aromatic carbocycles. The molecule has 136 valence electrons. The number of imidazole rings is 1. The summed E-state index contributed by atoms with van der Waals surface area (Å²) in [4.78, 5) is 8.10. The highest BCUT2D eigenvalue weighted by molar-refractivity contribution is 7.89. The van der Waals surface area contributed by atoms with Crippen molar-refractivity contribution in [3.05, 3.63) is 42.6 Å². The second-order valence-electron chi connectivity index (χ2n) is 6.11. The van der Waals surface area contributed by atoms with E-state index in [1.54, 1.807) is 24.6 Å². The lowest BCUT2D eigenvalue weighted by atomic mass is 10.2. The smallest absolute Gasteiger partial charge is 0.262 e. The Labute approximate surface area is 150 Å². The topological polar surface area (TPSA) is 103 Å². The fourth-order valence-electron chi connectivity index (χ4n) is 2.64. The van der Waals surface area contributed by atoms with Crippen LogP contribution >= 0.6 is 0 Å². The van der Waals surface area contributed by atoms with Crippen LogP contribution in [0, 0.1) is 6.92 Å². The summed E-state index contributed by atoms with van der Waals surface area (Å²) < 4.78 is 38.8. The van der Waals surface area contributed by atoms with Gasteiger partial charge >= 0.3 is 0 Å². The van der Waals surface area contributed by atoms with Gasteiger partial charge in [0.05, 0.1) is 19.4 Å². The lowest BCUT2D eigenvalue weighted by Crippen LogP contribution is -2.56. The summed E-state index contributed by atoms with van der Waals surface area (Å²) >= 11 is 0. The fourth-order valence-corrected chi connectivity index (χ4v) is 4.10. The molecule has 3 heterocycles. The number of rotatable bonds is 5. The zero-order valence-corrected chi connectivity index (χ0v) is 15.0. The van der Waals surface area contributed by atoms with E-state index in [9.17, 15) is 8.42 Å². The van der Waals surface area contributed by atoms with Crippen LogP contribution in [-0.4, -0.2) is 51.6 Å². The second kappa shape index (κ2) is 6.22. The Hall–Kier alpha value is -2.72. The summed E-state index contributed by atoms with van der Waals surface area (Å²) in [6, 6.07) is 7.27. The second-order valence-corrected chi connectivity index (χ2v) is 8.00. The molecular formula is C16H17N5O4S. The third kappa shape index (κ3) is 3.08. The van der Waals surface area contributed by atoms with Crippen molar-refractivity contribution in [3.63, 3.8) is 0 Å². The number of aromatic nitrogens is 4. The Kier molecular flexibility index (Phi) is 4.00. The summed E-state index contributed by atoms with van der Waals surface area (Å²) in [5, 5.41) is 3.82. The highest BCUT2D eigenvalue weighted by Crippen LogP contribution is 2.27. The minimum absolute atomic E-state index is 0.0483. The minimum Gasteiger partial charge on any atom is -0.488 e. The Morgan fingerprint density at radius 3 is 2.77 bits per heavy atom. The van der Waals surface area contributed by atoms with E-state index in [2.05, 4.69) is 15.1 Å². The highest BCUT2D eigenvalue weighted by atomic mass is 32.2. The van der Waals surface area contributed by atoms with E-state index in [4.69, 9.17) is 9.26 Å². The number of ether oxygens (including phenoxy) is 1. The maximum absolute atomic E-state index is 12.4. The SMILES string of the molecule is Cc1noc(-c2cccc(OC3CN(S(=O)(=O)c4cn(C)cn4)C3)c2)n1. The Morgan fingerprint density at radius 2 is 2.12 bits per heavy atom. The summed E-state index contributed by atoms with van der Waals surface area (Å²) in [7, 11) is -1.84. The number of hydrogen-bond donors (Lipinski definition) is 0.